The van der Waals surface area contributed by atoms with E-state index in [1.807, 2.05) is 0 Å². The van der Waals surface area contributed by atoms with Gasteiger partial charge in [0.2, 0.25) is 0 Å². The van der Waals surface area contributed by atoms with Crippen LogP contribution in [-0.4, -0.2) is 23.2 Å². The molecular weight excluding hydrogens is 268 g/mol. The van der Waals surface area contributed by atoms with Crippen LogP contribution in [0.25, 0.3) is 0 Å². The second-order valence-corrected chi connectivity index (χ2v) is 7.09. The lowest BCUT2D eigenvalue weighted by atomic mass is 10.0. The predicted octanol–water partition coefficient (Wildman–Crippen LogP) is 4.31. The maximum Gasteiger partial charge on any atom is 0.185 e. The molecule has 1 aromatic heterocycles. The zero-order chi connectivity index (χ0) is 14.5. The van der Waals surface area contributed by atoms with Crippen molar-refractivity contribution in [2.75, 3.05) is 11.9 Å². The van der Waals surface area contributed by atoms with Crippen molar-refractivity contribution >= 4 is 16.5 Å². The lowest BCUT2D eigenvalue weighted by Crippen LogP contribution is -2.30. The van der Waals surface area contributed by atoms with Gasteiger partial charge in [0, 0.05) is 13.1 Å². The van der Waals surface area contributed by atoms with Crippen molar-refractivity contribution in [1.29, 1.82) is 0 Å². The summed E-state index contributed by atoms with van der Waals surface area (Å²) in [6.45, 7) is 4.50. The van der Waals surface area contributed by atoms with E-state index in [-0.39, 0.29) is 6.61 Å². The van der Waals surface area contributed by atoms with Crippen LogP contribution in [-0.2, 0) is 6.61 Å². The van der Waals surface area contributed by atoms with Gasteiger partial charge in [-0.1, -0.05) is 50.9 Å². The minimum Gasteiger partial charge on any atom is -0.391 e. The third-order valence-corrected chi connectivity index (χ3v) is 5.76. The number of rotatable bonds is 5. The van der Waals surface area contributed by atoms with E-state index < -0.39 is 0 Å². The Morgan fingerprint density at radius 2 is 1.95 bits per heavy atom. The fourth-order valence-corrected chi connectivity index (χ4v) is 4.07. The molecule has 0 bridgehead atoms. The second kappa shape index (κ2) is 7.41. The first-order chi connectivity index (χ1) is 9.67. The first-order valence-electron chi connectivity index (χ1n) is 8.00. The van der Waals surface area contributed by atoms with Crippen molar-refractivity contribution in [2.24, 2.45) is 0 Å². The second-order valence-electron chi connectivity index (χ2n) is 6.03. The maximum atomic E-state index is 9.57. The van der Waals surface area contributed by atoms with Crippen molar-refractivity contribution in [1.82, 2.24) is 4.98 Å². The normalized spacial score (nSPS) is 18.8. The molecular formula is C16H28N2OS. The third-order valence-electron chi connectivity index (χ3n) is 4.61. The number of aliphatic hydroxyl groups is 1. The highest BCUT2D eigenvalue weighted by Crippen LogP contribution is 2.34. The Morgan fingerprint density at radius 3 is 2.50 bits per heavy atom. The highest BCUT2D eigenvalue weighted by Gasteiger charge is 2.22. The highest BCUT2D eigenvalue weighted by molar-refractivity contribution is 7.15. The molecule has 20 heavy (non-hydrogen) atoms. The van der Waals surface area contributed by atoms with Gasteiger partial charge >= 0.3 is 0 Å². The van der Waals surface area contributed by atoms with Crippen LogP contribution in [0.5, 0.6) is 0 Å². The lowest BCUT2D eigenvalue weighted by Gasteiger charge is -2.26. The number of hydrogen-bond acceptors (Lipinski definition) is 4. The van der Waals surface area contributed by atoms with Gasteiger partial charge in [0.1, 0.15) is 0 Å². The molecule has 1 atom stereocenters. The molecule has 0 amide bonds. The zero-order valence-corrected chi connectivity index (χ0v) is 13.9. The molecule has 2 rings (SSSR count). The molecule has 1 fully saturated rings. The van der Waals surface area contributed by atoms with E-state index in [4.69, 9.17) is 4.98 Å². The van der Waals surface area contributed by atoms with Crippen LogP contribution < -0.4 is 4.90 Å². The monoisotopic (exact) mass is 296 g/mol. The first-order valence-corrected chi connectivity index (χ1v) is 8.82. The summed E-state index contributed by atoms with van der Waals surface area (Å²) in [5, 5.41) is 10.7. The molecule has 4 heteroatoms. The molecule has 1 aliphatic carbocycles. The van der Waals surface area contributed by atoms with Crippen LogP contribution in [0, 0.1) is 0 Å². The number of nitrogens with zero attached hydrogens (tertiary/aromatic N) is 2. The summed E-state index contributed by atoms with van der Waals surface area (Å²) in [4.78, 5) is 8.25. The SMILES string of the molecule is CCC(C)c1nc(N(C)C2CCCCCC2)sc1CO. The average Bonchev–Trinajstić information content (AvgIpc) is 2.72. The van der Waals surface area contributed by atoms with Crippen molar-refractivity contribution < 1.29 is 5.11 Å². The van der Waals surface area contributed by atoms with Gasteiger partial charge in [0.25, 0.3) is 0 Å². The molecule has 0 aliphatic heterocycles. The Hall–Kier alpha value is -0.610. The summed E-state index contributed by atoms with van der Waals surface area (Å²) in [7, 11) is 2.18. The molecule has 1 N–H and O–H groups in total. The Balaban J connectivity index is 2.16. The molecule has 1 aliphatic rings. The van der Waals surface area contributed by atoms with Crippen molar-refractivity contribution in [3.63, 3.8) is 0 Å². The number of anilines is 1. The largest absolute Gasteiger partial charge is 0.391 e. The fourth-order valence-electron chi connectivity index (χ4n) is 2.99. The van der Waals surface area contributed by atoms with Crippen LogP contribution >= 0.6 is 11.3 Å². The van der Waals surface area contributed by atoms with E-state index in [0.717, 1.165) is 22.1 Å². The lowest BCUT2D eigenvalue weighted by molar-refractivity contribution is 0.283. The van der Waals surface area contributed by atoms with Crippen LogP contribution in [0.4, 0.5) is 5.13 Å². The molecule has 0 spiro atoms. The summed E-state index contributed by atoms with van der Waals surface area (Å²) < 4.78 is 0. The quantitative estimate of drug-likeness (QED) is 0.823. The van der Waals surface area contributed by atoms with Crippen LogP contribution in [0.3, 0.4) is 0 Å². The molecule has 1 aromatic rings. The molecule has 114 valence electrons. The molecule has 0 saturated heterocycles. The van der Waals surface area contributed by atoms with E-state index >= 15 is 0 Å². The van der Waals surface area contributed by atoms with Gasteiger partial charge in [-0.25, -0.2) is 4.98 Å². The summed E-state index contributed by atoms with van der Waals surface area (Å²) in [6.07, 6.45) is 9.07. The molecule has 3 nitrogen and oxygen atoms in total. The smallest absolute Gasteiger partial charge is 0.185 e. The Bertz CT molecular complexity index is 411. The standard InChI is InChI=1S/C16H28N2OS/c1-4-12(2)15-14(11-19)20-16(17-15)18(3)13-9-7-5-6-8-10-13/h12-13,19H,4-11H2,1-3H3. The van der Waals surface area contributed by atoms with Crippen molar-refractivity contribution in [3.8, 4) is 0 Å². The number of thiazole rings is 1. The average molecular weight is 296 g/mol. The van der Waals surface area contributed by atoms with Gasteiger partial charge in [-0.05, 0) is 25.2 Å². The van der Waals surface area contributed by atoms with Crippen LogP contribution in [0.15, 0.2) is 0 Å². The van der Waals surface area contributed by atoms with E-state index in [1.165, 1.54) is 38.5 Å². The van der Waals surface area contributed by atoms with Crippen LogP contribution in [0.2, 0.25) is 0 Å². The number of aliphatic hydroxyl groups excluding tert-OH is 1. The van der Waals surface area contributed by atoms with Gasteiger partial charge in [0.05, 0.1) is 17.2 Å². The Kier molecular flexibility index (Phi) is 5.85. The fraction of sp³-hybridized carbons (Fsp3) is 0.812. The topological polar surface area (TPSA) is 36.4 Å². The van der Waals surface area contributed by atoms with Gasteiger partial charge in [-0.15, -0.1) is 0 Å². The predicted molar refractivity (Wildman–Crippen MR) is 86.6 cm³/mol. The van der Waals surface area contributed by atoms with Crippen LogP contribution in [0.1, 0.15) is 75.3 Å². The minimum atomic E-state index is 0.121. The molecule has 1 saturated carbocycles. The number of hydrogen-bond donors (Lipinski definition) is 1. The highest BCUT2D eigenvalue weighted by atomic mass is 32.1. The summed E-state index contributed by atoms with van der Waals surface area (Å²) in [5.74, 6) is 0.435. The Morgan fingerprint density at radius 1 is 1.30 bits per heavy atom. The molecule has 1 unspecified atom stereocenters. The minimum absolute atomic E-state index is 0.121. The van der Waals surface area contributed by atoms with Gasteiger partial charge in [0.15, 0.2) is 5.13 Å². The van der Waals surface area contributed by atoms with E-state index in [0.29, 0.717) is 12.0 Å². The zero-order valence-electron chi connectivity index (χ0n) is 13.1. The number of aromatic nitrogens is 1. The molecule has 1 heterocycles. The van der Waals surface area contributed by atoms with E-state index in [9.17, 15) is 5.11 Å². The van der Waals surface area contributed by atoms with Gasteiger partial charge < -0.3 is 10.0 Å². The summed E-state index contributed by atoms with van der Waals surface area (Å²) >= 11 is 1.68. The van der Waals surface area contributed by atoms with Gasteiger partial charge in [-0.2, -0.15) is 0 Å². The van der Waals surface area contributed by atoms with Crippen molar-refractivity contribution in [2.45, 2.75) is 77.4 Å². The maximum absolute atomic E-state index is 9.57. The van der Waals surface area contributed by atoms with E-state index in [2.05, 4.69) is 25.8 Å². The van der Waals surface area contributed by atoms with Gasteiger partial charge in [-0.3, -0.25) is 0 Å². The van der Waals surface area contributed by atoms with E-state index in [1.54, 1.807) is 11.3 Å². The summed E-state index contributed by atoms with van der Waals surface area (Å²) in [5.41, 5.74) is 1.11. The summed E-state index contributed by atoms with van der Waals surface area (Å²) in [6, 6.07) is 0.625. The molecule has 0 aromatic carbocycles. The molecule has 0 radical (unpaired) electrons. The Labute approximate surface area is 127 Å². The first kappa shape index (κ1) is 15.8. The third kappa shape index (κ3) is 3.53. The van der Waals surface area contributed by atoms with Crippen molar-refractivity contribution in [3.05, 3.63) is 10.6 Å².